The van der Waals surface area contributed by atoms with Gasteiger partial charge >= 0.3 is 0 Å². The maximum absolute atomic E-state index is 3.83. The van der Waals surface area contributed by atoms with Crippen LogP contribution in [0.25, 0.3) is 18.2 Å². The Morgan fingerprint density at radius 3 is 1.78 bits per heavy atom. The van der Waals surface area contributed by atoms with Crippen molar-refractivity contribution in [2.45, 2.75) is 48.5 Å². The Morgan fingerprint density at radius 2 is 1.52 bits per heavy atom. The minimum absolute atomic E-state index is 1.13. The fourth-order valence-electron chi connectivity index (χ4n) is 2.15. The summed E-state index contributed by atoms with van der Waals surface area (Å²) in [5, 5.41) is 0. The van der Waals surface area contributed by atoms with E-state index in [9.17, 15) is 0 Å². The lowest BCUT2D eigenvalue weighted by Crippen LogP contribution is -1.93. The second kappa shape index (κ2) is 13.6. The maximum Gasteiger partial charge on any atom is 0.0479 e. The van der Waals surface area contributed by atoms with Crippen LogP contribution in [0.4, 0.5) is 0 Å². The number of hydrogen-bond acceptors (Lipinski definition) is 0. The van der Waals surface area contributed by atoms with Crippen molar-refractivity contribution in [1.29, 1.82) is 0 Å². The molecule has 0 spiro atoms. The van der Waals surface area contributed by atoms with Crippen LogP contribution in [0.3, 0.4) is 0 Å². The summed E-state index contributed by atoms with van der Waals surface area (Å²) in [6.07, 6.45) is 14.1. The van der Waals surface area contributed by atoms with E-state index in [1.54, 1.807) is 0 Å². The van der Waals surface area contributed by atoms with Gasteiger partial charge in [-0.25, -0.2) is 0 Å². The largest absolute Gasteiger partial charge is 0.344 e. The molecule has 1 aromatic heterocycles. The van der Waals surface area contributed by atoms with Crippen molar-refractivity contribution < 1.29 is 0 Å². The Morgan fingerprint density at radius 1 is 0.957 bits per heavy atom. The highest BCUT2D eigenvalue weighted by Crippen LogP contribution is 2.24. The third-order valence-electron chi connectivity index (χ3n) is 3.39. The molecule has 0 radical (unpaired) electrons. The van der Waals surface area contributed by atoms with Crippen molar-refractivity contribution in [2.24, 2.45) is 7.05 Å². The van der Waals surface area contributed by atoms with E-state index in [0.29, 0.717) is 0 Å². The van der Waals surface area contributed by atoms with Crippen molar-refractivity contribution in [2.75, 3.05) is 0 Å². The molecule has 1 rings (SSSR count). The zero-order chi connectivity index (χ0) is 18.4. The van der Waals surface area contributed by atoms with Crippen molar-refractivity contribution in [3.63, 3.8) is 0 Å². The van der Waals surface area contributed by atoms with Gasteiger partial charge in [0.1, 0.15) is 0 Å². The van der Waals surface area contributed by atoms with Crippen LogP contribution in [0.2, 0.25) is 0 Å². The highest BCUT2D eigenvalue weighted by atomic mass is 15.0. The molecule has 0 aliphatic rings. The molecule has 0 aliphatic carbocycles. The summed E-state index contributed by atoms with van der Waals surface area (Å²) in [6.45, 7) is 21.9. The molecule has 0 bridgehead atoms. The third-order valence-corrected chi connectivity index (χ3v) is 3.39. The molecule has 0 aromatic carbocycles. The van der Waals surface area contributed by atoms with Crippen LogP contribution in [0.5, 0.6) is 0 Å². The number of aromatic nitrogens is 1. The lowest BCUT2D eigenvalue weighted by atomic mass is 10.1. The second-order valence-electron chi connectivity index (χ2n) is 4.81. The molecule has 1 nitrogen and oxygen atoms in total. The highest BCUT2D eigenvalue weighted by molar-refractivity contribution is 5.70. The normalized spacial score (nSPS) is 10.9. The summed E-state index contributed by atoms with van der Waals surface area (Å²) in [5.74, 6) is 0. The molecule has 1 aromatic rings. The fraction of sp³-hybridized carbons (Fsp3) is 0.364. The van der Waals surface area contributed by atoms with E-state index in [2.05, 4.69) is 49.8 Å². The molecule has 0 aliphatic heterocycles. The van der Waals surface area contributed by atoms with Gasteiger partial charge in [-0.05, 0) is 52.3 Å². The molecule has 0 unspecified atom stereocenters. The zero-order valence-corrected chi connectivity index (χ0v) is 16.4. The zero-order valence-electron chi connectivity index (χ0n) is 16.4. The number of allylic oxidation sites excluding steroid dienone is 5. The van der Waals surface area contributed by atoms with Crippen LogP contribution in [0.15, 0.2) is 43.0 Å². The average molecular weight is 314 g/mol. The lowest BCUT2D eigenvalue weighted by molar-refractivity contribution is 0.898. The standard InChI is InChI=1S/C13H17N.C7H12.C2H6/c1-6-9-13-10(4)11(7-2)12(8-3)14(13)5;1-4-6-7(3)5-2;1-2/h6-9H,2-3H2,1,4-5H3;4-6H,1-3H3;1-2H3/b9-6-;6-4-,7-5-;. The van der Waals surface area contributed by atoms with E-state index in [0.717, 1.165) is 5.69 Å². The number of rotatable bonds is 4. The Balaban J connectivity index is 0. The molecular formula is C22H35N. The van der Waals surface area contributed by atoms with Gasteiger partial charge in [0.15, 0.2) is 0 Å². The van der Waals surface area contributed by atoms with E-state index >= 15 is 0 Å². The van der Waals surface area contributed by atoms with Gasteiger partial charge in [-0.15, -0.1) is 0 Å². The van der Waals surface area contributed by atoms with Gasteiger partial charge in [0.05, 0.1) is 0 Å². The first-order valence-corrected chi connectivity index (χ1v) is 8.30. The molecule has 0 atom stereocenters. The second-order valence-corrected chi connectivity index (χ2v) is 4.81. The molecular weight excluding hydrogens is 278 g/mol. The summed E-state index contributed by atoms with van der Waals surface area (Å²) in [7, 11) is 2.05. The van der Waals surface area contributed by atoms with Gasteiger partial charge in [-0.2, -0.15) is 0 Å². The summed E-state index contributed by atoms with van der Waals surface area (Å²) in [6, 6.07) is 0. The summed E-state index contributed by atoms with van der Waals surface area (Å²) in [4.78, 5) is 0. The minimum atomic E-state index is 1.13. The Labute approximate surface area is 144 Å². The van der Waals surface area contributed by atoms with Crippen LogP contribution in [-0.4, -0.2) is 4.57 Å². The van der Waals surface area contributed by atoms with Gasteiger partial charge < -0.3 is 4.57 Å². The Kier molecular flexibility index (Phi) is 13.8. The average Bonchev–Trinajstić information content (AvgIpc) is 2.81. The molecule has 128 valence electrons. The topological polar surface area (TPSA) is 4.93 Å². The molecule has 0 fully saturated rings. The maximum atomic E-state index is 3.83. The lowest BCUT2D eigenvalue weighted by Gasteiger charge is -2.00. The first kappa shape index (κ1) is 23.2. The minimum Gasteiger partial charge on any atom is -0.344 e. The van der Waals surface area contributed by atoms with Crippen LogP contribution in [0, 0.1) is 6.92 Å². The van der Waals surface area contributed by atoms with Crippen molar-refractivity contribution in [3.8, 4) is 0 Å². The predicted octanol–water partition coefficient (Wildman–Crippen LogP) is 7.21. The van der Waals surface area contributed by atoms with Gasteiger partial charge in [-0.3, -0.25) is 0 Å². The molecule has 23 heavy (non-hydrogen) atoms. The smallest absolute Gasteiger partial charge is 0.0479 e. The van der Waals surface area contributed by atoms with E-state index in [4.69, 9.17) is 0 Å². The fourth-order valence-corrected chi connectivity index (χ4v) is 2.15. The predicted molar refractivity (Wildman–Crippen MR) is 111 cm³/mol. The van der Waals surface area contributed by atoms with Gasteiger partial charge in [0.25, 0.3) is 0 Å². The SMILES string of the molecule is C/C=C\C(C)=C/C.C=Cc1c(C)c(/C=C\C)n(C)c1C=C.CC. The van der Waals surface area contributed by atoms with Crippen LogP contribution in [0.1, 0.15) is 64.1 Å². The van der Waals surface area contributed by atoms with Crippen LogP contribution >= 0.6 is 0 Å². The summed E-state index contributed by atoms with van der Waals surface area (Å²) < 4.78 is 2.14. The molecule has 1 heterocycles. The first-order valence-electron chi connectivity index (χ1n) is 8.30. The van der Waals surface area contributed by atoms with E-state index < -0.39 is 0 Å². The Bertz CT molecular complexity index is 532. The number of hydrogen-bond donors (Lipinski definition) is 0. The van der Waals surface area contributed by atoms with E-state index in [-0.39, 0.29) is 0 Å². The van der Waals surface area contributed by atoms with Gasteiger partial charge in [0.2, 0.25) is 0 Å². The summed E-state index contributed by atoms with van der Waals surface area (Å²) >= 11 is 0. The molecule has 1 heteroatoms. The van der Waals surface area contributed by atoms with Crippen molar-refractivity contribution in [1.82, 2.24) is 4.57 Å². The monoisotopic (exact) mass is 313 g/mol. The van der Waals surface area contributed by atoms with E-state index in [1.807, 2.05) is 66.0 Å². The molecule has 0 saturated heterocycles. The third kappa shape index (κ3) is 7.19. The van der Waals surface area contributed by atoms with Crippen molar-refractivity contribution in [3.05, 3.63) is 65.5 Å². The van der Waals surface area contributed by atoms with Crippen LogP contribution < -0.4 is 0 Å². The van der Waals surface area contributed by atoms with Crippen molar-refractivity contribution >= 4 is 18.2 Å². The quantitative estimate of drug-likeness (QED) is 0.518. The van der Waals surface area contributed by atoms with Gasteiger partial charge in [0, 0.05) is 24.0 Å². The first-order chi connectivity index (χ1) is 11.0. The molecule has 0 saturated carbocycles. The van der Waals surface area contributed by atoms with Gasteiger partial charge in [-0.1, -0.05) is 63.0 Å². The molecule has 0 amide bonds. The Hall–Kier alpha value is -2.02. The highest BCUT2D eigenvalue weighted by Gasteiger charge is 2.10. The number of nitrogens with zero attached hydrogens (tertiary/aromatic N) is 1. The molecule has 0 N–H and O–H groups in total. The van der Waals surface area contributed by atoms with Crippen LogP contribution in [-0.2, 0) is 7.05 Å². The van der Waals surface area contributed by atoms with E-state index in [1.165, 1.54) is 22.4 Å². The summed E-state index contributed by atoms with van der Waals surface area (Å²) in [5.41, 5.74) is 6.11.